The van der Waals surface area contributed by atoms with Gasteiger partial charge in [0.25, 0.3) is 5.91 Å². The van der Waals surface area contributed by atoms with Gasteiger partial charge in [-0.05, 0) is 36.8 Å². The molecule has 0 atom stereocenters. The van der Waals surface area contributed by atoms with Crippen molar-refractivity contribution in [3.63, 3.8) is 0 Å². The molecule has 2 aromatic rings. The summed E-state index contributed by atoms with van der Waals surface area (Å²) in [5.74, 6) is 0.826. The highest BCUT2D eigenvalue weighted by atomic mass is 16.5. The second-order valence-corrected chi connectivity index (χ2v) is 4.88. The van der Waals surface area contributed by atoms with E-state index in [1.165, 1.54) is 7.11 Å². The topological polar surface area (TPSA) is 64.6 Å². The third-order valence-corrected chi connectivity index (χ3v) is 3.15. The Hall–Kier alpha value is -2.82. The zero-order valence-corrected chi connectivity index (χ0v) is 13.0. The van der Waals surface area contributed by atoms with Crippen LogP contribution in [0.5, 0.6) is 11.5 Å². The Labute approximate surface area is 135 Å². The van der Waals surface area contributed by atoms with Gasteiger partial charge in [0.15, 0.2) is 0 Å². The van der Waals surface area contributed by atoms with Gasteiger partial charge in [-0.25, -0.2) is 0 Å². The summed E-state index contributed by atoms with van der Waals surface area (Å²) in [4.78, 5) is 23.1. The number of para-hydroxylation sites is 1. The van der Waals surface area contributed by atoms with Crippen LogP contribution in [0, 0.1) is 0 Å². The maximum atomic E-state index is 12.1. The molecule has 0 aliphatic carbocycles. The molecule has 5 nitrogen and oxygen atoms in total. The van der Waals surface area contributed by atoms with E-state index < -0.39 is 0 Å². The molecule has 0 heterocycles. The van der Waals surface area contributed by atoms with Crippen molar-refractivity contribution < 1.29 is 19.1 Å². The molecule has 0 radical (unpaired) electrons. The van der Waals surface area contributed by atoms with Crippen LogP contribution >= 0.6 is 0 Å². The Balaban J connectivity index is 1.88. The van der Waals surface area contributed by atoms with E-state index in [1.807, 2.05) is 30.3 Å². The summed E-state index contributed by atoms with van der Waals surface area (Å²) in [5, 5.41) is 2.77. The minimum Gasteiger partial charge on any atom is -0.469 e. The van der Waals surface area contributed by atoms with Crippen LogP contribution in [0.1, 0.15) is 23.2 Å². The highest BCUT2D eigenvalue weighted by molar-refractivity contribution is 5.94. The molecule has 0 fully saturated rings. The predicted octanol–water partition coefficient (Wildman–Crippen LogP) is 3.16. The summed E-state index contributed by atoms with van der Waals surface area (Å²) in [7, 11) is 1.35. The van der Waals surface area contributed by atoms with Crippen molar-refractivity contribution in [2.45, 2.75) is 12.8 Å². The summed E-state index contributed by atoms with van der Waals surface area (Å²) in [6.45, 7) is 0.414. The van der Waals surface area contributed by atoms with Crippen LogP contribution in [-0.4, -0.2) is 25.5 Å². The Morgan fingerprint density at radius 2 is 1.74 bits per heavy atom. The second-order valence-electron chi connectivity index (χ2n) is 4.88. The minimum atomic E-state index is -0.280. The van der Waals surface area contributed by atoms with E-state index in [1.54, 1.807) is 24.3 Å². The van der Waals surface area contributed by atoms with Crippen LogP contribution in [-0.2, 0) is 9.53 Å². The Morgan fingerprint density at radius 1 is 1.00 bits per heavy atom. The zero-order chi connectivity index (χ0) is 16.5. The molecule has 2 rings (SSSR count). The molecular formula is C18H19NO4. The fourth-order valence-corrected chi connectivity index (χ4v) is 1.96. The van der Waals surface area contributed by atoms with E-state index >= 15 is 0 Å². The molecule has 5 heteroatoms. The second kappa shape index (κ2) is 8.58. The molecule has 0 spiro atoms. The van der Waals surface area contributed by atoms with Crippen LogP contribution in [0.15, 0.2) is 54.6 Å². The number of benzene rings is 2. The third-order valence-electron chi connectivity index (χ3n) is 3.15. The molecule has 23 heavy (non-hydrogen) atoms. The van der Waals surface area contributed by atoms with Gasteiger partial charge >= 0.3 is 5.97 Å². The fraction of sp³-hybridized carbons (Fsp3) is 0.222. The van der Waals surface area contributed by atoms with Gasteiger partial charge in [0.05, 0.1) is 7.11 Å². The van der Waals surface area contributed by atoms with Crippen molar-refractivity contribution in [3.05, 3.63) is 60.2 Å². The Morgan fingerprint density at radius 3 is 2.48 bits per heavy atom. The SMILES string of the molecule is COC(=O)CCCNC(=O)c1cccc(Oc2ccccc2)c1. The first-order valence-electron chi connectivity index (χ1n) is 7.37. The maximum absolute atomic E-state index is 12.1. The largest absolute Gasteiger partial charge is 0.469 e. The van der Waals surface area contributed by atoms with Gasteiger partial charge < -0.3 is 14.8 Å². The first-order valence-corrected chi connectivity index (χ1v) is 7.37. The van der Waals surface area contributed by atoms with Crippen LogP contribution in [0.2, 0.25) is 0 Å². The summed E-state index contributed by atoms with van der Waals surface area (Å²) < 4.78 is 10.2. The van der Waals surface area contributed by atoms with Crippen molar-refractivity contribution in [1.82, 2.24) is 5.32 Å². The molecule has 0 bridgehead atoms. The Bertz CT molecular complexity index is 655. The van der Waals surface area contributed by atoms with Crippen molar-refractivity contribution >= 4 is 11.9 Å². The third kappa shape index (κ3) is 5.47. The quantitative estimate of drug-likeness (QED) is 0.630. The lowest BCUT2D eigenvalue weighted by molar-refractivity contribution is -0.140. The highest BCUT2D eigenvalue weighted by Crippen LogP contribution is 2.21. The summed E-state index contributed by atoms with van der Waals surface area (Å²) >= 11 is 0. The first-order chi connectivity index (χ1) is 11.2. The van der Waals surface area contributed by atoms with E-state index in [4.69, 9.17) is 4.74 Å². The molecule has 0 aliphatic heterocycles. The van der Waals surface area contributed by atoms with Crippen molar-refractivity contribution in [3.8, 4) is 11.5 Å². The number of ether oxygens (including phenoxy) is 2. The number of carbonyl (C=O) groups excluding carboxylic acids is 2. The lowest BCUT2D eigenvalue weighted by atomic mass is 10.2. The average molecular weight is 313 g/mol. The van der Waals surface area contributed by atoms with Crippen LogP contribution in [0.4, 0.5) is 0 Å². The van der Waals surface area contributed by atoms with E-state index in [0.717, 1.165) is 0 Å². The van der Waals surface area contributed by atoms with Crippen LogP contribution in [0.25, 0.3) is 0 Å². The average Bonchev–Trinajstić information content (AvgIpc) is 2.59. The summed E-state index contributed by atoms with van der Waals surface area (Å²) in [6.07, 6.45) is 0.826. The zero-order valence-electron chi connectivity index (χ0n) is 13.0. The van der Waals surface area contributed by atoms with Gasteiger partial charge in [0.2, 0.25) is 0 Å². The molecule has 0 aliphatic rings. The molecule has 0 saturated heterocycles. The van der Waals surface area contributed by atoms with Crippen LogP contribution < -0.4 is 10.1 Å². The molecule has 2 aromatic carbocycles. The highest BCUT2D eigenvalue weighted by Gasteiger charge is 2.07. The lowest BCUT2D eigenvalue weighted by Gasteiger charge is -2.08. The van der Waals surface area contributed by atoms with Gasteiger partial charge in [-0.3, -0.25) is 9.59 Å². The predicted molar refractivity (Wildman–Crippen MR) is 86.5 cm³/mol. The summed E-state index contributed by atoms with van der Waals surface area (Å²) in [6, 6.07) is 16.3. The van der Waals surface area contributed by atoms with Gasteiger partial charge in [-0.2, -0.15) is 0 Å². The lowest BCUT2D eigenvalue weighted by Crippen LogP contribution is -2.24. The standard InChI is InChI=1S/C18H19NO4/c1-22-17(20)11-6-12-19-18(21)14-7-5-10-16(13-14)23-15-8-3-2-4-9-15/h2-5,7-10,13H,6,11-12H2,1H3,(H,19,21). The number of hydrogen-bond donors (Lipinski definition) is 1. The number of methoxy groups -OCH3 is 1. The number of esters is 1. The number of rotatable bonds is 7. The number of nitrogens with one attached hydrogen (secondary N) is 1. The molecule has 0 saturated carbocycles. The number of amides is 1. The monoisotopic (exact) mass is 313 g/mol. The molecule has 0 unspecified atom stereocenters. The molecule has 1 amide bonds. The van der Waals surface area contributed by atoms with E-state index in [-0.39, 0.29) is 18.3 Å². The van der Waals surface area contributed by atoms with Gasteiger partial charge in [-0.15, -0.1) is 0 Å². The molecule has 1 N–H and O–H groups in total. The minimum absolute atomic E-state index is 0.201. The molecule has 0 aromatic heterocycles. The molecular weight excluding hydrogens is 294 g/mol. The molecule has 120 valence electrons. The number of hydrogen-bond acceptors (Lipinski definition) is 4. The Kier molecular flexibility index (Phi) is 6.17. The van der Waals surface area contributed by atoms with Gasteiger partial charge in [0.1, 0.15) is 11.5 Å². The van der Waals surface area contributed by atoms with Gasteiger partial charge in [0, 0.05) is 18.5 Å². The van der Waals surface area contributed by atoms with Crippen molar-refractivity contribution in [2.75, 3.05) is 13.7 Å². The van der Waals surface area contributed by atoms with Crippen molar-refractivity contribution in [2.24, 2.45) is 0 Å². The smallest absolute Gasteiger partial charge is 0.305 e. The van der Waals surface area contributed by atoms with E-state index in [0.29, 0.717) is 30.0 Å². The number of carbonyl (C=O) groups is 2. The van der Waals surface area contributed by atoms with E-state index in [2.05, 4.69) is 10.1 Å². The van der Waals surface area contributed by atoms with E-state index in [9.17, 15) is 9.59 Å². The van der Waals surface area contributed by atoms with Gasteiger partial charge in [-0.1, -0.05) is 24.3 Å². The van der Waals surface area contributed by atoms with Crippen molar-refractivity contribution in [1.29, 1.82) is 0 Å². The summed E-state index contributed by atoms with van der Waals surface area (Å²) in [5.41, 5.74) is 0.511. The maximum Gasteiger partial charge on any atom is 0.305 e. The first kappa shape index (κ1) is 16.5. The normalized spacial score (nSPS) is 9.96. The fourth-order valence-electron chi connectivity index (χ4n) is 1.96. The van der Waals surface area contributed by atoms with Crippen LogP contribution in [0.3, 0.4) is 0 Å².